The van der Waals surface area contributed by atoms with Crippen LogP contribution in [0.1, 0.15) is 55.5 Å². The van der Waals surface area contributed by atoms with Gasteiger partial charge in [0.05, 0.1) is 0 Å². The first-order valence-electron chi connectivity index (χ1n) is 6.25. The second-order valence-corrected chi connectivity index (χ2v) is 6.34. The summed E-state index contributed by atoms with van der Waals surface area (Å²) in [5.41, 5.74) is 11.7. The molecule has 2 N–H and O–H groups in total. The molecule has 1 rings (SSSR count). The number of aryl methyl sites for hydroxylation is 2. The van der Waals surface area contributed by atoms with Gasteiger partial charge in [0.25, 0.3) is 0 Å². The van der Waals surface area contributed by atoms with Crippen molar-refractivity contribution in [1.29, 1.82) is 0 Å². The van der Waals surface area contributed by atoms with Crippen LogP contribution < -0.4 is 5.73 Å². The van der Waals surface area contributed by atoms with E-state index in [-0.39, 0.29) is 11.5 Å². The van der Waals surface area contributed by atoms with Gasteiger partial charge in [-0.05, 0) is 53.7 Å². The van der Waals surface area contributed by atoms with E-state index in [1.165, 1.54) is 22.3 Å². The molecule has 0 aliphatic carbocycles. The van der Waals surface area contributed by atoms with Crippen LogP contribution in [0.4, 0.5) is 0 Å². The summed E-state index contributed by atoms with van der Waals surface area (Å²) in [5.74, 6) is 0.834. The molecule has 0 aromatic heterocycles. The van der Waals surface area contributed by atoms with Crippen molar-refractivity contribution in [3.05, 3.63) is 34.4 Å². The third-order valence-electron chi connectivity index (χ3n) is 3.27. The molecule has 0 aliphatic heterocycles. The quantitative estimate of drug-likeness (QED) is 0.782. The van der Waals surface area contributed by atoms with Crippen LogP contribution in [0.2, 0.25) is 0 Å². The Bertz CT molecular complexity index is 367. The molecule has 0 aliphatic rings. The van der Waals surface area contributed by atoms with Crippen molar-refractivity contribution >= 4 is 12.6 Å². The fourth-order valence-corrected chi connectivity index (χ4v) is 2.55. The first-order valence-corrected chi connectivity index (χ1v) is 6.88. The average Bonchev–Trinajstić information content (AvgIpc) is 2.15. The smallest absolute Gasteiger partial charge is 0.0307 e. The molecule has 1 aromatic carbocycles. The Hall–Kier alpha value is -0.470. The van der Waals surface area contributed by atoms with Gasteiger partial charge in [-0.2, -0.15) is 12.6 Å². The summed E-state index contributed by atoms with van der Waals surface area (Å²) in [6.07, 6.45) is 0.930. The van der Waals surface area contributed by atoms with Crippen molar-refractivity contribution in [2.45, 2.75) is 52.5 Å². The third-order valence-corrected chi connectivity index (χ3v) is 3.53. The second-order valence-electron chi connectivity index (χ2n) is 5.89. The normalized spacial score (nSPS) is 13.8. The molecular formula is C15H25NS. The molecule has 1 nitrogen and oxygen atoms in total. The number of thiol groups is 1. The number of rotatable bonds is 3. The molecule has 2 heteroatoms. The minimum Gasteiger partial charge on any atom is -0.324 e. The summed E-state index contributed by atoms with van der Waals surface area (Å²) in [4.78, 5) is 0. The summed E-state index contributed by atoms with van der Waals surface area (Å²) < 4.78 is 0. The van der Waals surface area contributed by atoms with Crippen LogP contribution in [0.25, 0.3) is 0 Å². The highest BCUT2D eigenvalue weighted by Crippen LogP contribution is 2.30. The molecule has 0 radical (unpaired) electrons. The van der Waals surface area contributed by atoms with Gasteiger partial charge in [0, 0.05) is 6.04 Å². The highest BCUT2D eigenvalue weighted by molar-refractivity contribution is 7.80. The van der Waals surface area contributed by atoms with Crippen LogP contribution in [0.5, 0.6) is 0 Å². The van der Waals surface area contributed by atoms with Gasteiger partial charge in [-0.3, -0.25) is 0 Å². The lowest BCUT2D eigenvalue weighted by molar-refractivity contribution is 0.587. The Morgan fingerprint density at radius 3 is 2.00 bits per heavy atom. The fourth-order valence-electron chi connectivity index (χ4n) is 2.28. The van der Waals surface area contributed by atoms with Crippen molar-refractivity contribution in [2.24, 2.45) is 5.73 Å². The number of benzene rings is 1. The summed E-state index contributed by atoms with van der Waals surface area (Å²) >= 11 is 4.26. The van der Waals surface area contributed by atoms with Gasteiger partial charge in [-0.15, -0.1) is 0 Å². The summed E-state index contributed by atoms with van der Waals surface area (Å²) in [7, 11) is 0. The fraction of sp³-hybridized carbons (Fsp3) is 0.600. The Labute approximate surface area is 111 Å². The topological polar surface area (TPSA) is 26.0 Å². The van der Waals surface area contributed by atoms with Gasteiger partial charge in [0.1, 0.15) is 0 Å². The van der Waals surface area contributed by atoms with Crippen LogP contribution in [0.3, 0.4) is 0 Å². The third kappa shape index (κ3) is 3.49. The highest BCUT2D eigenvalue weighted by Gasteiger charge is 2.18. The van der Waals surface area contributed by atoms with Gasteiger partial charge in [0.2, 0.25) is 0 Å². The molecule has 0 heterocycles. The Morgan fingerprint density at radius 1 is 1.18 bits per heavy atom. The van der Waals surface area contributed by atoms with E-state index >= 15 is 0 Å². The van der Waals surface area contributed by atoms with E-state index in [1.54, 1.807) is 0 Å². The number of hydrogen-bond acceptors (Lipinski definition) is 2. The first kappa shape index (κ1) is 14.6. The number of nitrogens with two attached hydrogens (primary N) is 1. The van der Waals surface area contributed by atoms with Gasteiger partial charge in [0.15, 0.2) is 0 Å². The molecule has 0 spiro atoms. The lowest BCUT2D eigenvalue weighted by Gasteiger charge is -2.24. The van der Waals surface area contributed by atoms with Crippen molar-refractivity contribution in [2.75, 3.05) is 5.75 Å². The van der Waals surface area contributed by atoms with Gasteiger partial charge >= 0.3 is 0 Å². The van der Waals surface area contributed by atoms with Crippen molar-refractivity contribution < 1.29 is 0 Å². The molecule has 1 aromatic rings. The van der Waals surface area contributed by atoms with Crippen molar-refractivity contribution in [3.8, 4) is 0 Å². The van der Waals surface area contributed by atoms with E-state index in [0.29, 0.717) is 0 Å². The maximum atomic E-state index is 6.22. The molecular weight excluding hydrogens is 226 g/mol. The molecule has 0 amide bonds. The van der Waals surface area contributed by atoms with E-state index in [9.17, 15) is 0 Å². The predicted molar refractivity (Wildman–Crippen MR) is 80.0 cm³/mol. The maximum absolute atomic E-state index is 6.22. The Kier molecular flexibility index (Phi) is 4.68. The van der Waals surface area contributed by atoms with Gasteiger partial charge in [-0.25, -0.2) is 0 Å². The van der Waals surface area contributed by atoms with E-state index < -0.39 is 0 Å². The summed E-state index contributed by atoms with van der Waals surface area (Å²) in [5, 5.41) is 0. The molecule has 17 heavy (non-hydrogen) atoms. The van der Waals surface area contributed by atoms with Crippen LogP contribution in [-0.4, -0.2) is 5.75 Å². The molecule has 1 atom stereocenters. The van der Waals surface area contributed by atoms with Crippen LogP contribution in [-0.2, 0) is 5.41 Å². The minimum absolute atomic E-state index is 0.113. The zero-order chi connectivity index (χ0) is 13.2. The highest BCUT2D eigenvalue weighted by atomic mass is 32.1. The average molecular weight is 251 g/mol. The van der Waals surface area contributed by atoms with Crippen LogP contribution >= 0.6 is 12.6 Å². The molecule has 0 saturated heterocycles. The lowest BCUT2D eigenvalue weighted by Crippen LogP contribution is -2.17. The SMILES string of the molecule is Cc1cc(C(C)(C)C)cc(C)c1C(N)CCS. The second kappa shape index (κ2) is 5.45. The maximum Gasteiger partial charge on any atom is 0.0307 e. The zero-order valence-electron chi connectivity index (χ0n) is 11.7. The van der Waals surface area contributed by atoms with Crippen LogP contribution in [0.15, 0.2) is 12.1 Å². The van der Waals surface area contributed by atoms with E-state index in [4.69, 9.17) is 5.73 Å². The van der Waals surface area contributed by atoms with E-state index in [0.717, 1.165) is 12.2 Å². The predicted octanol–water partition coefficient (Wildman–Crippen LogP) is 3.92. The lowest BCUT2D eigenvalue weighted by atomic mass is 9.82. The molecule has 96 valence electrons. The molecule has 1 unspecified atom stereocenters. The molecule has 0 bridgehead atoms. The van der Waals surface area contributed by atoms with Gasteiger partial charge < -0.3 is 5.73 Å². The zero-order valence-corrected chi connectivity index (χ0v) is 12.6. The monoisotopic (exact) mass is 251 g/mol. The number of hydrogen-bond donors (Lipinski definition) is 2. The van der Waals surface area contributed by atoms with Crippen LogP contribution in [0, 0.1) is 13.8 Å². The summed E-state index contributed by atoms with van der Waals surface area (Å²) in [6.45, 7) is 11.1. The molecule has 0 fully saturated rings. The first-order chi connectivity index (χ1) is 7.77. The largest absolute Gasteiger partial charge is 0.324 e. The van der Waals surface area contributed by atoms with E-state index in [2.05, 4.69) is 59.4 Å². The Morgan fingerprint density at radius 2 is 1.65 bits per heavy atom. The minimum atomic E-state index is 0.113. The van der Waals surface area contributed by atoms with Crippen molar-refractivity contribution in [3.63, 3.8) is 0 Å². The van der Waals surface area contributed by atoms with E-state index in [1.807, 2.05) is 0 Å². The molecule has 0 saturated carbocycles. The standard InChI is InChI=1S/C15H25NS/c1-10-8-12(15(3,4)5)9-11(2)14(10)13(16)6-7-17/h8-9,13,17H,6-7,16H2,1-5H3. The van der Waals surface area contributed by atoms with Crippen molar-refractivity contribution in [1.82, 2.24) is 0 Å². The van der Waals surface area contributed by atoms with Gasteiger partial charge in [-0.1, -0.05) is 32.9 Å². The summed E-state index contributed by atoms with van der Waals surface area (Å²) in [6, 6.07) is 4.67. The Balaban J connectivity index is 3.20.